The Morgan fingerprint density at radius 2 is 2.19 bits per heavy atom. The summed E-state index contributed by atoms with van der Waals surface area (Å²) in [5.41, 5.74) is 1.86. The minimum Gasteiger partial charge on any atom is -0.309 e. The summed E-state index contributed by atoms with van der Waals surface area (Å²) < 4.78 is 15.3. The highest BCUT2D eigenvalue weighted by Crippen LogP contribution is 2.33. The van der Waals surface area contributed by atoms with E-state index in [9.17, 15) is 4.39 Å². The summed E-state index contributed by atoms with van der Waals surface area (Å²) in [5, 5.41) is 3.69. The highest BCUT2D eigenvalue weighted by Gasteiger charge is 2.18. The molecule has 0 bridgehead atoms. The van der Waals surface area contributed by atoms with Gasteiger partial charge in [-0.1, -0.05) is 30.7 Å². The van der Waals surface area contributed by atoms with Crippen LogP contribution in [0.25, 0.3) is 0 Å². The fourth-order valence-corrected chi connectivity index (χ4v) is 4.01. The van der Waals surface area contributed by atoms with Crippen molar-refractivity contribution in [2.45, 2.75) is 32.7 Å². The SMILES string of the molecule is CCCNC(Cc1cccc(Cl)c1F)c1cc(C)c(Br)s1. The van der Waals surface area contributed by atoms with Crippen LogP contribution in [-0.4, -0.2) is 6.54 Å². The van der Waals surface area contributed by atoms with E-state index in [1.807, 2.05) is 0 Å². The number of nitrogens with one attached hydrogen (secondary N) is 1. The predicted octanol–water partition coefficient (Wildman–Crippen LogP) is 5.89. The van der Waals surface area contributed by atoms with E-state index in [1.54, 1.807) is 29.5 Å². The number of hydrogen-bond acceptors (Lipinski definition) is 2. The molecule has 1 heterocycles. The second-order valence-electron chi connectivity index (χ2n) is 5.03. The molecule has 0 radical (unpaired) electrons. The minimum absolute atomic E-state index is 0.105. The molecule has 2 aromatic rings. The highest BCUT2D eigenvalue weighted by atomic mass is 79.9. The highest BCUT2D eigenvalue weighted by molar-refractivity contribution is 9.11. The van der Waals surface area contributed by atoms with Crippen LogP contribution in [0.15, 0.2) is 28.1 Å². The third-order valence-electron chi connectivity index (χ3n) is 3.32. The normalized spacial score (nSPS) is 12.6. The van der Waals surface area contributed by atoms with Gasteiger partial charge in [0, 0.05) is 10.9 Å². The van der Waals surface area contributed by atoms with E-state index < -0.39 is 0 Å². The summed E-state index contributed by atoms with van der Waals surface area (Å²) in [5.74, 6) is -0.310. The zero-order valence-corrected chi connectivity index (χ0v) is 15.2. The van der Waals surface area contributed by atoms with Gasteiger partial charge in [-0.15, -0.1) is 11.3 Å². The van der Waals surface area contributed by atoms with Crippen LogP contribution in [0.2, 0.25) is 5.02 Å². The second-order valence-corrected chi connectivity index (χ2v) is 7.84. The molecule has 2 rings (SSSR count). The lowest BCUT2D eigenvalue weighted by Crippen LogP contribution is -2.23. The average Bonchev–Trinajstić information content (AvgIpc) is 2.79. The number of benzene rings is 1. The van der Waals surface area contributed by atoms with Gasteiger partial charge in [0.25, 0.3) is 0 Å². The smallest absolute Gasteiger partial charge is 0.145 e. The first-order valence-corrected chi connectivity index (χ1v) is 8.93. The Labute approximate surface area is 142 Å². The Kier molecular flexibility index (Phi) is 6.23. The molecule has 1 N–H and O–H groups in total. The molecule has 1 aromatic heterocycles. The first-order chi connectivity index (χ1) is 10.0. The number of rotatable bonds is 6. The predicted molar refractivity (Wildman–Crippen MR) is 92.9 cm³/mol. The first-order valence-electron chi connectivity index (χ1n) is 6.95. The molecule has 0 aliphatic rings. The van der Waals surface area contributed by atoms with Crippen molar-refractivity contribution < 1.29 is 4.39 Å². The summed E-state index contributed by atoms with van der Waals surface area (Å²) in [6.45, 7) is 5.10. The van der Waals surface area contributed by atoms with Crippen molar-refractivity contribution >= 4 is 38.9 Å². The molecule has 5 heteroatoms. The molecule has 1 atom stereocenters. The molecule has 1 nitrogen and oxygen atoms in total. The molecule has 0 saturated carbocycles. The van der Waals surface area contributed by atoms with Crippen LogP contribution in [0.4, 0.5) is 4.39 Å². The fourth-order valence-electron chi connectivity index (χ4n) is 2.17. The Morgan fingerprint density at radius 3 is 2.81 bits per heavy atom. The van der Waals surface area contributed by atoms with Crippen LogP contribution in [0, 0.1) is 12.7 Å². The number of aryl methyl sites for hydroxylation is 1. The molecule has 1 unspecified atom stereocenters. The van der Waals surface area contributed by atoms with Gasteiger partial charge in [0.1, 0.15) is 5.82 Å². The van der Waals surface area contributed by atoms with Crippen molar-refractivity contribution in [3.8, 4) is 0 Å². The fraction of sp³-hybridized carbons (Fsp3) is 0.375. The Hall–Kier alpha value is -0.420. The van der Waals surface area contributed by atoms with Gasteiger partial charge in [0.2, 0.25) is 0 Å². The molecular weight excluding hydrogens is 373 g/mol. The van der Waals surface area contributed by atoms with Crippen LogP contribution in [0.5, 0.6) is 0 Å². The molecule has 0 saturated heterocycles. The third-order valence-corrected chi connectivity index (χ3v) is 5.86. The van der Waals surface area contributed by atoms with Crippen molar-refractivity contribution in [1.82, 2.24) is 5.32 Å². The Balaban J connectivity index is 2.26. The largest absolute Gasteiger partial charge is 0.309 e. The Morgan fingerprint density at radius 1 is 1.43 bits per heavy atom. The lowest BCUT2D eigenvalue weighted by Gasteiger charge is -2.18. The van der Waals surface area contributed by atoms with Gasteiger partial charge in [0.05, 0.1) is 8.81 Å². The lowest BCUT2D eigenvalue weighted by atomic mass is 10.0. The van der Waals surface area contributed by atoms with Crippen molar-refractivity contribution in [2.75, 3.05) is 6.54 Å². The molecule has 0 aliphatic heterocycles. The zero-order chi connectivity index (χ0) is 15.4. The maximum Gasteiger partial charge on any atom is 0.145 e. The molecule has 0 amide bonds. The second kappa shape index (κ2) is 7.73. The maximum absolute atomic E-state index is 14.1. The van der Waals surface area contributed by atoms with E-state index in [1.165, 1.54) is 10.4 Å². The third kappa shape index (κ3) is 4.28. The van der Waals surface area contributed by atoms with Gasteiger partial charge < -0.3 is 5.32 Å². The van der Waals surface area contributed by atoms with Crippen molar-refractivity contribution in [3.05, 3.63) is 54.9 Å². The van der Waals surface area contributed by atoms with Gasteiger partial charge >= 0.3 is 0 Å². The molecule has 0 aliphatic carbocycles. The van der Waals surface area contributed by atoms with Gasteiger partial charge in [-0.3, -0.25) is 0 Å². The standard InChI is InChI=1S/C16H18BrClFNS/c1-3-7-20-13(14-8-10(2)16(17)21-14)9-11-5-4-6-12(18)15(11)19/h4-6,8,13,20H,3,7,9H2,1-2H3. The zero-order valence-electron chi connectivity index (χ0n) is 12.1. The van der Waals surface area contributed by atoms with E-state index in [0.717, 1.165) is 16.8 Å². The molecule has 21 heavy (non-hydrogen) atoms. The summed E-state index contributed by atoms with van der Waals surface area (Å²) in [6, 6.07) is 7.45. The van der Waals surface area contributed by atoms with Crippen LogP contribution in [0.1, 0.15) is 35.4 Å². The molecule has 114 valence electrons. The summed E-state index contributed by atoms with van der Waals surface area (Å²) >= 11 is 11.1. The monoisotopic (exact) mass is 389 g/mol. The maximum atomic E-state index is 14.1. The molecule has 1 aromatic carbocycles. The van der Waals surface area contributed by atoms with Crippen LogP contribution in [-0.2, 0) is 6.42 Å². The van der Waals surface area contributed by atoms with E-state index in [4.69, 9.17) is 11.6 Å². The summed E-state index contributed by atoms with van der Waals surface area (Å²) in [7, 11) is 0. The summed E-state index contributed by atoms with van der Waals surface area (Å²) in [4.78, 5) is 1.22. The number of halogens is 3. The summed E-state index contributed by atoms with van der Waals surface area (Å²) in [6.07, 6.45) is 1.64. The van der Waals surface area contributed by atoms with Crippen LogP contribution >= 0.6 is 38.9 Å². The van der Waals surface area contributed by atoms with Gasteiger partial charge in [0.15, 0.2) is 0 Å². The molecule has 0 spiro atoms. The minimum atomic E-state index is -0.310. The van der Waals surface area contributed by atoms with Crippen LogP contribution < -0.4 is 5.32 Å². The van der Waals surface area contributed by atoms with E-state index >= 15 is 0 Å². The van der Waals surface area contributed by atoms with Crippen molar-refractivity contribution in [2.24, 2.45) is 0 Å². The first kappa shape index (κ1) is 16.9. The van der Waals surface area contributed by atoms with Gasteiger partial charge in [-0.2, -0.15) is 0 Å². The average molecular weight is 391 g/mol. The number of thiophene rings is 1. The Bertz CT molecular complexity index is 595. The molecule has 0 fully saturated rings. The number of hydrogen-bond donors (Lipinski definition) is 1. The van der Waals surface area contributed by atoms with E-state index in [0.29, 0.717) is 12.0 Å². The van der Waals surface area contributed by atoms with E-state index in [-0.39, 0.29) is 16.9 Å². The van der Waals surface area contributed by atoms with Crippen molar-refractivity contribution in [1.29, 1.82) is 0 Å². The topological polar surface area (TPSA) is 12.0 Å². The van der Waals surface area contributed by atoms with Crippen molar-refractivity contribution in [3.63, 3.8) is 0 Å². The molecular formula is C16H18BrClFNS. The lowest BCUT2D eigenvalue weighted by molar-refractivity contribution is 0.519. The van der Waals surface area contributed by atoms with Crippen LogP contribution in [0.3, 0.4) is 0 Å². The van der Waals surface area contributed by atoms with Gasteiger partial charge in [-0.05, 0) is 65.5 Å². The quantitative estimate of drug-likeness (QED) is 0.648. The van der Waals surface area contributed by atoms with Gasteiger partial charge in [-0.25, -0.2) is 4.39 Å². The van der Waals surface area contributed by atoms with E-state index in [2.05, 4.69) is 41.2 Å².